The molecule has 2 aromatic heterocycles. The summed E-state index contributed by atoms with van der Waals surface area (Å²) >= 11 is 0. The van der Waals surface area contributed by atoms with Gasteiger partial charge in [-0.1, -0.05) is 12.1 Å². The second-order valence-corrected chi connectivity index (χ2v) is 3.93. The number of aromatic amines is 1. The fraction of sp³-hybridized carbons (Fsp3) is 0.0833. The summed E-state index contributed by atoms with van der Waals surface area (Å²) in [5.74, 6) is 1.01. The average molecular weight is 257 g/mol. The van der Waals surface area contributed by atoms with E-state index in [2.05, 4.69) is 15.2 Å². The van der Waals surface area contributed by atoms with Gasteiger partial charge in [-0.3, -0.25) is 0 Å². The monoisotopic (exact) mass is 257 g/mol. The Kier molecular flexibility index (Phi) is 2.73. The van der Waals surface area contributed by atoms with Crippen molar-refractivity contribution in [1.82, 2.24) is 19.6 Å². The number of nitrogens with one attached hydrogen (secondary N) is 1. The molecule has 0 fully saturated rings. The summed E-state index contributed by atoms with van der Waals surface area (Å²) in [5, 5.41) is 6.17. The summed E-state index contributed by atoms with van der Waals surface area (Å²) in [6, 6.07) is 8.96. The molecule has 19 heavy (non-hydrogen) atoms. The van der Waals surface area contributed by atoms with Crippen LogP contribution >= 0.6 is 0 Å². The highest BCUT2D eigenvalue weighted by molar-refractivity contribution is 5.40. The Morgan fingerprint density at radius 2 is 2.11 bits per heavy atom. The summed E-state index contributed by atoms with van der Waals surface area (Å²) < 4.78 is 6.87. The van der Waals surface area contributed by atoms with Crippen LogP contribution < -0.4 is 16.2 Å². The average Bonchev–Trinajstić information content (AvgIpc) is 2.81. The van der Waals surface area contributed by atoms with Gasteiger partial charge < -0.3 is 10.5 Å². The normalized spacial score (nSPS) is 10.8. The molecule has 0 saturated heterocycles. The second-order valence-electron chi connectivity index (χ2n) is 3.93. The second kappa shape index (κ2) is 4.54. The van der Waals surface area contributed by atoms with E-state index in [4.69, 9.17) is 10.5 Å². The Bertz CT molecular complexity index is 760. The van der Waals surface area contributed by atoms with E-state index in [-0.39, 0.29) is 5.69 Å². The standard InChI is InChI=1S/C12H11N5O2/c13-6-8-1-3-9(4-2-8)19-11-5-10-15-16-12(18)17(10)7-14-11/h1-5,7H,6,13H2,(H,16,18). The highest BCUT2D eigenvalue weighted by Crippen LogP contribution is 2.19. The van der Waals surface area contributed by atoms with Crippen molar-refractivity contribution in [3.8, 4) is 11.6 Å². The predicted molar refractivity (Wildman–Crippen MR) is 68.0 cm³/mol. The molecular formula is C12H11N5O2. The lowest BCUT2D eigenvalue weighted by molar-refractivity contribution is 0.461. The van der Waals surface area contributed by atoms with Gasteiger partial charge in [0.25, 0.3) is 0 Å². The number of nitrogens with two attached hydrogens (primary N) is 1. The van der Waals surface area contributed by atoms with E-state index in [0.717, 1.165) is 5.56 Å². The van der Waals surface area contributed by atoms with Crippen LogP contribution in [0.3, 0.4) is 0 Å². The highest BCUT2D eigenvalue weighted by Gasteiger charge is 2.04. The van der Waals surface area contributed by atoms with Crippen LogP contribution in [0.1, 0.15) is 5.56 Å². The van der Waals surface area contributed by atoms with E-state index >= 15 is 0 Å². The van der Waals surface area contributed by atoms with Crippen molar-refractivity contribution in [2.45, 2.75) is 6.54 Å². The fourth-order valence-electron chi connectivity index (χ4n) is 1.66. The maximum Gasteiger partial charge on any atom is 0.348 e. The Labute approximate surface area is 107 Å². The predicted octanol–water partition coefficient (Wildman–Crippen LogP) is 0.669. The largest absolute Gasteiger partial charge is 0.439 e. The van der Waals surface area contributed by atoms with Crippen molar-refractivity contribution in [2.75, 3.05) is 0 Å². The molecule has 0 bridgehead atoms. The van der Waals surface area contributed by atoms with Gasteiger partial charge in [-0.15, -0.1) is 0 Å². The van der Waals surface area contributed by atoms with Crippen molar-refractivity contribution in [3.05, 3.63) is 52.7 Å². The van der Waals surface area contributed by atoms with Gasteiger partial charge in [0.1, 0.15) is 12.1 Å². The van der Waals surface area contributed by atoms with E-state index < -0.39 is 0 Å². The number of hydrogen-bond acceptors (Lipinski definition) is 5. The number of fused-ring (bicyclic) bond motifs is 1. The molecule has 96 valence electrons. The van der Waals surface area contributed by atoms with Gasteiger partial charge in [-0.05, 0) is 17.7 Å². The molecule has 1 aromatic carbocycles. The lowest BCUT2D eigenvalue weighted by atomic mass is 10.2. The SMILES string of the molecule is NCc1ccc(Oc2cc3n[nH]c(=O)n3cn2)cc1. The lowest BCUT2D eigenvalue weighted by Crippen LogP contribution is -2.09. The van der Waals surface area contributed by atoms with E-state index in [9.17, 15) is 4.79 Å². The minimum atomic E-state index is -0.332. The first-order chi connectivity index (χ1) is 9.26. The van der Waals surface area contributed by atoms with Crippen molar-refractivity contribution in [3.63, 3.8) is 0 Å². The molecule has 3 rings (SSSR count). The summed E-state index contributed by atoms with van der Waals surface area (Å²) in [6.45, 7) is 0.487. The van der Waals surface area contributed by atoms with Crippen molar-refractivity contribution in [2.24, 2.45) is 5.73 Å². The minimum absolute atomic E-state index is 0.332. The lowest BCUT2D eigenvalue weighted by Gasteiger charge is -2.05. The third kappa shape index (κ3) is 2.18. The molecule has 0 saturated carbocycles. The van der Waals surface area contributed by atoms with Crippen LogP contribution in [0.15, 0.2) is 41.5 Å². The summed E-state index contributed by atoms with van der Waals surface area (Å²) in [4.78, 5) is 15.3. The van der Waals surface area contributed by atoms with Crippen LogP contribution in [0.25, 0.3) is 5.65 Å². The molecule has 0 spiro atoms. The van der Waals surface area contributed by atoms with E-state index in [1.807, 2.05) is 24.3 Å². The first-order valence-electron chi connectivity index (χ1n) is 5.66. The topological polar surface area (TPSA) is 98.3 Å². The zero-order valence-corrected chi connectivity index (χ0v) is 9.91. The molecule has 0 atom stereocenters. The number of aromatic nitrogens is 4. The van der Waals surface area contributed by atoms with Gasteiger partial charge in [0, 0.05) is 12.6 Å². The molecule has 2 heterocycles. The van der Waals surface area contributed by atoms with Crippen LogP contribution in [-0.4, -0.2) is 19.6 Å². The van der Waals surface area contributed by atoms with Crippen LogP contribution in [0.5, 0.6) is 11.6 Å². The summed E-state index contributed by atoms with van der Waals surface area (Å²) in [6.07, 6.45) is 1.37. The Morgan fingerprint density at radius 1 is 1.32 bits per heavy atom. The van der Waals surface area contributed by atoms with Gasteiger partial charge in [0.15, 0.2) is 5.65 Å². The van der Waals surface area contributed by atoms with E-state index in [0.29, 0.717) is 23.8 Å². The fourth-order valence-corrected chi connectivity index (χ4v) is 1.66. The number of benzene rings is 1. The number of hydrogen-bond donors (Lipinski definition) is 2. The van der Waals surface area contributed by atoms with E-state index in [1.54, 1.807) is 6.07 Å². The molecular weight excluding hydrogens is 246 g/mol. The van der Waals surface area contributed by atoms with Gasteiger partial charge in [-0.25, -0.2) is 19.3 Å². The summed E-state index contributed by atoms with van der Waals surface area (Å²) in [7, 11) is 0. The minimum Gasteiger partial charge on any atom is -0.439 e. The smallest absolute Gasteiger partial charge is 0.348 e. The molecule has 0 aliphatic carbocycles. The molecule has 0 amide bonds. The third-order valence-corrected chi connectivity index (χ3v) is 2.67. The van der Waals surface area contributed by atoms with E-state index in [1.165, 1.54) is 10.7 Å². The molecule has 0 aliphatic heterocycles. The van der Waals surface area contributed by atoms with Gasteiger partial charge in [0.05, 0.1) is 0 Å². The Balaban J connectivity index is 1.89. The Hall–Kier alpha value is -2.67. The number of ether oxygens (including phenoxy) is 1. The van der Waals surface area contributed by atoms with Gasteiger partial charge >= 0.3 is 5.69 Å². The third-order valence-electron chi connectivity index (χ3n) is 2.67. The van der Waals surface area contributed by atoms with Crippen LogP contribution in [-0.2, 0) is 6.54 Å². The van der Waals surface area contributed by atoms with Crippen molar-refractivity contribution >= 4 is 5.65 Å². The quantitative estimate of drug-likeness (QED) is 0.718. The number of nitrogens with zero attached hydrogens (tertiary/aromatic N) is 3. The molecule has 0 radical (unpaired) electrons. The first kappa shape index (κ1) is 11.4. The van der Waals surface area contributed by atoms with Crippen LogP contribution in [0, 0.1) is 0 Å². The maximum absolute atomic E-state index is 11.3. The molecule has 3 aromatic rings. The van der Waals surface area contributed by atoms with Gasteiger partial charge in [0.2, 0.25) is 5.88 Å². The van der Waals surface area contributed by atoms with Gasteiger partial charge in [-0.2, -0.15) is 5.10 Å². The maximum atomic E-state index is 11.3. The number of H-pyrrole nitrogens is 1. The molecule has 0 aliphatic rings. The molecule has 7 nitrogen and oxygen atoms in total. The Morgan fingerprint density at radius 3 is 2.84 bits per heavy atom. The van der Waals surface area contributed by atoms with Crippen molar-refractivity contribution in [1.29, 1.82) is 0 Å². The molecule has 3 N–H and O–H groups in total. The van der Waals surface area contributed by atoms with Crippen molar-refractivity contribution < 1.29 is 4.74 Å². The number of rotatable bonds is 3. The zero-order valence-electron chi connectivity index (χ0n) is 9.91. The zero-order chi connectivity index (χ0) is 13.2. The summed E-state index contributed by atoms with van der Waals surface area (Å²) in [5.41, 5.74) is 6.66. The first-order valence-corrected chi connectivity index (χ1v) is 5.66. The molecule has 7 heteroatoms. The van der Waals surface area contributed by atoms with Crippen LogP contribution in [0.4, 0.5) is 0 Å². The van der Waals surface area contributed by atoms with Crippen LogP contribution in [0.2, 0.25) is 0 Å². The highest BCUT2D eigenvalue weighted by atomic mass is 16.5. The molecule has 0 unspecified atom stereocenters.